The fourth-order valence-electron chi connectivity index (χ4n) is 1.46. The first-order chi connectivity index (χ1) is 7.40. The smallest absolute Gasteiger partial charge is 0.231 e. The van der Waals surface area contributed by atoms with Crippen molar-refractivity contribution >= 4 is 17.4 Å². The predicted octanol–water partition coefficient (Wildman–Crippen LogP) is 2.58. The summed E-state index contributed by atoms with van der Waals surface area (Å²) in [5.74, 6) is 2.87. The molecule has 1 aliphatic heterocycles. The Kier molecular flexibility index (Phi) is 3.61. The fraction of sp³-hybridized carbons (Fsp3) is 0.455. The van der Waals surface area contributed by atoms with Gasteiger partial charge in [-0.2, -0.15) is 11.8 Å². The van der Waals surface area contributed by atoms with E-state index < -0.39 is 0 Å². The van der Waals surface area contributed by atoms with Gasteiger partial charge in [-0.15, -0.1) is 0 Å². The number of nitrogens with one attached hydrogen (secondary N) is 1. The lowest BCUT2D eigenvalue weighted by atomic mass is 10.2. The maximum absolute atomic E-state index is 5.30. The van der Waals surface area contributed by atoms with Crippen LogP contribution in [0.25, 0.3) is 0 Å². The second-order valence-corrected chi connectivity index (χ2v) is 4.33. The Morgan fingerprint density at radius 3 is 3.07 bits per heavy atom. The molecule has 0 aromatic heterocycles. The summed E-state index contributed by atoms with van der Waals surface area (Å²) in [4.78, 5) is 0. The minimum atomic E-state index is 0.339. The van der Waals surface area contributed by atoms with E-state index in [1.807, 2.05) is 30.0 Å². The standard InChI is InChI=1S/C11H15NO2S/c1-15-6-2-5-12-9-3-4-10-11(7-9)14-8-13-10/h3-4,7,12H,2,5-6,8H2,1H3. The first kappa shape index (κ1) is 10.5. The number of rotatable bonds is 5. The summed E-state index contributed by atoms with van der Waals surface area (Å²) in [5, 5.41) is 3.36. The number of anilines is 1. The molecule has 0 unspecified atom stereocenters. The topological polar surface area (TPSA) is 30.5 Å². The van der Waals surface area contributed by atoms with Crippen LogP contribution < -0.4 is 14.8 Å². The van der Waals surface area contributed by atoms with E-state index in [4.69, 9.17) is 9.47 Å². The normalized spacial score (nSPS) is 12.9. The van der Waals surface area contributed by atoms with Crippen molar-refractivity contribution in [3.8, 4) is 11.5 Å². The zero-order valence-electron chi connectivity index (χ0n) is 8.79. The molecular formula is C11H15NO2S. The SMILES string of the molecule is CSCCCNc1ccc2c(c1)OCO2. The Balaban J connectivity index is 1.87. The summed E-state index contributed by atoms with van der Waals surface area (Å²) in [5.41, 5.74) is 1.10. The van der Waals surface area contributed by atoms with Gasteiger partial charge in [0.05, 0.1) is 0 Å². The molecule has 82 valence electrons. The zero-order chi connectivity index (χ0) is 10.5. The van der Waals surface area contributed by atoms with Gasteiger partial charge in [0, 0.05) is 18.3 Å². The number of hydrogen-bond donors (Lipinski definition) is 1. The molecule has 1 heterocycles. The number of ether oxygens (including phenoxy) is 2. The van der Waals surface area contributed by atoms with E-state index in [1.165, 1.54) is 12.2 Å². The molecule has 4 heteroatoms. The third-order valence-electron chi connectivity index (χ3n) is 2.23. The van der Waals surface area contributed by atoms with E-state index in [1.54, 1.807) is 0 Å². The third-order valence-corrected chi connectivity index (χ3v) is 2.92. The van der Waals surface area contributed by atoms with Crippen LogP contribution in [0.15, 0.2) is 18.2 Å². The van der Waals surface area contributed by atoms with Crippen molar-refractivity contribution in [3.63, 3.8) is 0 Å². The van der Waals surface area contributed by atoms with E-state index in [9.17, 15) is 0 Å². The number of thioether (sulfide) groups is 1. The monoisotopic (exact) mass is 225 g/mol. The van der Waals surface area contributed by atoms with Crippen molar-refractivity contribution in [3.05, 3.63) is 18.2 Å². The van der Waals surface area contributed by atoms with Gasteiger partial charge in [-0.3, -0.25) is 0 Å². The molecule has 0 radical (unpaired) electrons. The lowest BCUT2D eigenvalue weighted by molar-refractivity contribution is 0.174. The molecule has 1 aliphatic rings. The average Bonchev–Trinajstić information content (AvgIpc) is 2.71. The van der Waals surface area contributed by atoms with Gasteiger partial charge in [0.25, 0.3) is 0 Å². The Morgan fingerprint density at radius 1 is 1.33 bits per heavy atom. The van der Waals surface area contributed by atoms with Crippen molar-refractivity contribution < 1.29 is 9.47 Å². The molecule has 0 bridgehead atoms. The predicted molar refractivity (Wildman–Crippen MR) is 64.1 cm³/mol. The highest BCUT2D eigenvalue weighted by molar-refractivity contribution is 7.98. The molecule has 0 amide bonds. The van der Waals surface area contributed by atoms with Crippen LogP contribution in [0.4, 0.5) is 5.69 Å². The van der Waals surface area contributed by atoms with Crippen molar-refractivity contribution in [1.82, 2.24) is 0 Å². The molecule has 3 nitrogen and oxygen atoms in total. The van der Waals surface area contributed by atoms with Crippen LogP contribution >= 0.6 is 11.8 Å². The largest absolute Gasteiger partial charge is 0.454 e. The van der Waals surface area contributed by atoms with E-state index in [-0.39, 0.29) is 0 Å². The van der Waals surface area contributed by atoms with Crippen LogP contribution in [-0.2, 0) is 0 Å². The van der Waals surface area contributed by atoms with Gasteiger partial charge in [-0.05, 0) is 30.6 Å². The average molecular weight is 225 g/mol. The van der Waals surface area contributed by atoms with Gasteiger partial charge >= 0.3 is 0 Å². The molecular weight excluding hydrogens is 210 g/mol. The van der Waals surface area contributed by atoms with Gasteiger partial charge in [-0.25, -0.2) is 0 Å². The Bertz CT molecular complexity index is 330. The molecule has 1 aromatic rings. The summed E-state index contributed by atoms with van der Waals surface area (Å²) < 4.78 is 10.5. The molecule has 0 atom stereocenters. The van der Waals surface area contributed by atoms with Crippen LogP contribution in [0.2, 0.25) is 0 Å². The van der Waals surface area contributed by atoms with Gasteiger partial charge in [-0.1, -0.05) is 0 Å². The second-order valence-electron chi connectivity index (χ2n) is 3.34. The Morgan fingerprint density at radius 2 is 2.20 bits per heavy atom. The van der Waals surface area contributed by atoms with E-state index >= 15 is 0 Å². The molecule has 1 N–H and O–H groups in total. The number of benzene rings is 1. The van der Waals surface area contributed by atoms with Crippen LogP contribution in [0.5, 0.6) is 11.5 Å². The quantitative estimate of drug-likeness (QED) is 0.780. The maximum Gasteiger partial charge on any atom is 0.231 e. The molecule has 0 saturated carbocycles. The maximum atomic E-state index is 5.30. The first-order valence-electron chi connectivity index (χ1n) is 5.02. The number of fused-ring (bicyclic) bond motifs is 1. The fourth-order valence-corrected chi connectivity index (χ4v) is 1.89. The molecule has 0 saturated heterocycles. The van der Waals surface area contributed by atoms with E-state index in [0.29, 0.717) is 6.79 Å². The Labute approximate surface area is 94.2 Å². The van der Waals surface area contributed by atoms with Gasteiger partial charge in [0.1, 0.15) is 0 Å². The van der Waals surface area contributed by atoms with Gasteiger partial charge in [0.2, 0.25) is 6.79 Å². The highest BCUT2D eigenvalue weighted by Gasteiger charge is 2.12. The van der Waals surface area contributed by atoms with E-state index in [2.05, 4.69) is 11.6 Å². The van der Waals surface area contributed by atoms with Gasteiger partial charge < -0.3 is 14.8 Å². The lowest BCUT2D eigenvalue weighted by Gasteiger charge is -2.06. The molecule has 0 fully saturated rings. The van der Waals surface area contributed by atoms with Crippen LogP contribution in [0.1, 0.15) is 6.42 Å². The molecule has 15 heavy (non-hydrogen) atoms. The van der Waals surface area contributed by atoms with Crippen LogP contribution in [-0.4, -0.2) is 25.3 Å². The molecule has 0 spiro atoms. The van der Waals surface area contributed by atoms with Gasteiger partial charge in [0.15, 0.2) is 11.5 Å². The van der Waals surface area contributed by atoms with Crippen molar-refractivity contribution in [2.75, 3.05) is 30.7 Å². The minimum absolute atomic E-state index is 0.339. The molecule has 0 aliphatic carbocycles. The van der Waals surface area contributed by atoms with Crippen molar-refractivity contribution in [1.29, 1.82) is 0 Å². The summed E-state index contributed by atoms with van der Waals surface area (Å²) in [6.45, 7) is 1.34. The van der Waals surface area contributed by atoms with Crippen molar-refractivity contribution in [2.24, 2.45) is 0 Å². The first-order valence-corrected chi connectivity index (χ1v) is 6.42. The minimum Gasteiger partial charge on any atom is -0.454 e. The highest BCUT2D eigenvalue weighted by Crippen LogP contribution is 2.34. The van der Waals surface area contributed by atoms with Crippen LogP contribution in [0.3, 0.4) is 0 Å². The third kappa shape index (κ3) is 2.72. The highest BCUT2D eigenvalue weighted by atomic mass is 32.2. The second kappa shape index (κ2) is 5.16. The summed E-state index contributed by atoms with van der Waals surface area (Å²) in [6.07, 6.45) is 3.30. The number of hydrogen-bond acceptors (Lipinski definition) is 4. The summed E-state index contributed by atoms with van der Waals surface area (Å²) >= 11 is 1.87. The molecule has 1 aromatic carbocycles. The van der Waals surface area contributed by atoms with Crippen LogP contribution in [0, 0.1) is 0 Å². The van der Waals surface area contributed by atoms with E-state index in [0.717, 1.165) is 23.7 Å². The van der Waals surface area contributed by atoms with Crippen molar-refractivity contribution in [2.45, 2.75) is 6.42 Å². The zero-order valence-corrected chi connectivity index (χ0v) is 9.60. The summed E-state index contributed by atoms with van der Waals surface area (Å²) in [6, 6.07) is 5.95. The Hall–Kier alpha value is -1.03. The lowest BCUT2D eigenvalue weighted by Crippen LogP contribution is -2.02. The summed E-state index contributed by atoms with van der Waals surface area (Å²) in [7, 11) is 0. The molecule has 2 rings (SSSR count).